The standard InChI is InChI=1S/C33H37F3N4O7/c1-38(2)21-12-18(14-40(15-32(34,35)36)13-16-8-6-5-7-9-16)26(41)23-19(21)10-17-11-20-25(39(3)4)28(43)24(31(37)46)30(45)33(20,47)29(44)22(17)27(23)42/h5-9,12,17,20,25,41-42,45,47H,10-11,13-15H2,1-4H3,(H2,37,46)/t17?,20?,25-,33-/m0/s1. The minimum atomic E-state index is -4.56. The van der Waals surface area contributed by atoms with E-state index in [0.717, 1.165) is 4.90 Å². The maximum absolute atomic E-state index is 14.2. The molecule has 1 fully saturated rings. The number of alkyl halides is 3. The van der Waals surface area contributed by atoms with Crippen molar-refractivity contribution in [3.8, 4) is 5.75 Å². The minimum absolute atomic E-state index is 0.0478. The molecule has 6 N–H and O–H groups in total. The zero-order valence-corrected chi connectivity index (χ0v) is 26.3. The van der Waals surface area contributed by atoms with Crippen LogP contribution in [0.4, 0.5) is 18.9 Å². The van der Waals surface area contributed by atoms with Crippen molar-refractivity contribution in [2.45, 2.75) is 43.8 Å². The Balaban J connectivity index is 1.66. The summed E-state index contributed by atoms with van der Waals surface area (Å²) in [6, 6.07) is 8.81. The summed E-state index contributed by atoms with van der Waals surface area (Å²) in [5, 5.41) is 46.1. The number of ketones is 2. The fraction of sp³-hybridized carbons (Fsp3) is 0.424. The SMILES string of the molecule is CN(C)c1cc(CN(Cc2ccccc2)CC(F)(F)F)c(O)c2c1CC1CC3[C@H](N(C)C)C(=O)C(C(N)=O)=C(O)[C@@]3(O)C(=O)C1=C2O. The molecule has 2 aromatic rings. The zero-order chi connectivity index (χ0) is 34.7. The highest BCUT2D eigenvalue weighted by molar-refractivity contribution is 6.24. The molecule has 1 amide bonds. The molecule has 3 aliphatic carbocycles. The Morgan fingerprint density at radius 1 is 1.04 bits per heavy atom. The average molecular weight is 659 g/mol. The molecule has 5 rings (SSSR count). The number of carbonyl (C=O) groups excluding carboxylic acids is 3. The Hall–Kier alpha value is -4.40. The number of phenolic OH excluding ortho intramolecular Hbond substituents is 1. The van der Waals surface area contributed by atoms with Gasteiger partial charge in [0.2, 0.25) is 5.78 Å². The number of amides is 1. The number of fused-ring (bicyclic) bond motifs is 3. The van der Waals surface area contributed by atoms with Crippen LogP contribution in [0.1, 0.15) is 28.7 Å². The van der Waals surface area contributed by atoms with E-state index in [-0.39, 0.29) is 42.6 Å². The first-order valence-electron chi connectivity index (χ1n) is 14.9. The summed E-state index contributed by atoms with van der Waals surface area (Å²) in [6.07, 6.45) is -4.60. The number of nitrogens with two attached hydrogens (primary N) is 1. The number of aromatic hydroxyl groups is 1. The van der Waals surface area contributed by atoms with Crippen LogP contribution in [0, 0.1) is 11.8 Å². The van der Waals surface area contributed by atoms with Gasteiger partial charge in [0, 0.05) is 49.9 Å². The molecule has 0 aromatic heterocycles. The summed E-state index contributed by atoms with van der Waals surface area (Å²) in [6.45, 7) is -1.77. The predicted octanol–water partition coefficient (Wildman–Crippen LogP) is 2.59. The second-order valence-corrected chi connectivity index (χ2v) is 12.9. The summed E-state index contributed by atoms with van der Waals surface area (Å²) in [7, 11) is 6.39. The molecule has 47 heavy (non-hydrogen) atoms. The van der Waals surface area contributed by atoms with Crippen molar-refractivity contribution < 1.29 is 48.0 Å². The zero-order valence-electron chi connectivity index (χ0n) is 26.3. The summed E-state index contributed by atoms with van der Waals surface area (Å²) in [5.74, 6) is -7.85. The maximum atomic E-state index is 14.2. The number of likely N-dealkylation sites (N-methyl/N-ethyl adjacent to an activating group) is 1. The first kappa shape index (κ1) is 33.9. The van der Waals surface area contributed by atoms with Crippen molar-refractivity contribution in [2.75, 3.05) is 39.6 Å². The van der Waals surface area contributed by atoms with Gasteiger partial charge in [-0.2, -0.15) is 13.2 Å². The van der Waals surface area contributed by atoms with Crippen molar-refractivity contribution in [2.24, 2.45) is 17.6 Å². The largest absolute Gasteiger partial charge is 0.508 e. The van der Waals surface area contributed by atoms with Gasteiger partial charge in [0.15, 0.2) is 11.4 Å². The normalized spacial score (nSPS) is 24.4. The van der Waals surface area contributed by atoms with Gasteiger partial charge in [-0.15, -0.1) is 0 Å². The number of hydrogen-bond acceptors (Lipinski definition) is 10. The first-order valence-corrected chi connectivity index (χ1v) is 14.9. The Bertz CT molecular complexity index is 1700. The molecule has 0 aliphatic heterocycles. The quantitative estimate of drug-likeness (QED) is 0.266. The molecule has 0 radical (unpaired) electrons. The highest BCUT2D eigenvalue weighted by Gasteiger charge is 2.64. The second kappa shape index (κ2) is 12.0. The number of benzene rings is 2. The number of Topliss-reactive ketones (excluding diaryl/α,β-unsaturated/α-hetero) is 2. The van der Waals surface area contributed by atoms with Crippen molar-refractivity contribution in [1.82, 2.24) is 9.80 Å². The molecule has 252 valence electrons. The summed E-state index contributed by atoms with van der Waals surface area (Å²) in [5.41, 5.74) is 2.66. The number of primary amides is 1. The van der Waals surface area contributed by atoms with Crippen molar-refractivity contribution in [3.05, 3.63) is 75.6 Å². The number of carbonyl (C=O) groups is 3. The van der Waals surface area contributed by atoms with E-state index >= 15 is 0 Å². The van der Waals surface area contributed by atoms with Crippen LogP contribution < -0.4 is 10.6 Å². The third kappa shape index (κ3) is 5.74. The number of rotatable bonds is 8. The minimum Gasteiger partial charge on any atom is -0.508 e. The fourth-order valence-electron chi connectivity index (χ4n) is 7.37. The van der Waals surface area contributed by atoms with Crippen LogP contribution in [0.15, 0.2) is 53.3 Å². The molecule has 0 bridgehead atoms. The summed E-state index contributed by atoms with van der Waals surface area (Å²) in [4.78, 5) is 43.9. The van der Waals surface area contributed by atoms with Gasteiger partial charge in [0.25, 0.3) is 5.91 Å². The van der Waals surface area contributed by atoms with Crippen LogP contribution >= 0.6 is 0 Å². The molecule has 1 saturated carbocycles. The molecule has 11 nitrogen and oxygen atoms in total. The van der Waals surface area contributed by atoms with Crippen molar-refractivity contribution in [3.63, 3.8) is 0 Å². The molecule has 0 heterocycles. The summed E-state index contributed by atoms with van der Waals surface area (Å²) >= 11 is 0. The molecule has 0 spiro atoms. The second-order valence-electron chi connectivity index (χ2n) is 12.9. The highest BCUT2D eigenvalue weighted by atomic mass is 19.4. The van der Waals surface area contributed by atoms with Crippen LogP contribution in [0.5, 0.6) is 5.75 Å². The van der Waals surface area contributed by atoms with Crippen molar-refractivity contribution >= 4 is 28.9 Å². The van der Waals surface area contributed by atoms with Gasteiger partial charge < -0.3 is 31.1 Å². The Morgan fingerprint density at radius 3 is 2.23 bits per heavy atom. The van der Waals surface area contributed by atoms with E-state index in [4.69, 9.17) is 5.73 Å². The van der Waals surface area contributed by atoms with E-state index in [2.05, 4.69) is 0 Å². The lowest BCUT2D eigenvalue weighted by Gasteiger charge is -2.50. The number of hydrogen-bond donors (Lipinski definition) is 5. The molecular weight excluding hydrogens is 621 g/mol. The van der Waals surface area contributed by atoms with Crippen LogP contribution in [-0.4, -0.2) is 100 Å². The molecule has 14 heteroatoms. The Morgan fingerprint density at radius 2 is 1.68 bits per heavy atom. The van der Waals surface area contributed by atoms with Gasteiger partial charge >= 0.3 is 6.18 Å². The molecule has 4 atom stereocenters. The van der Waals surface area contributed by atoms with Crippen LogP contribution in [-0.2, 0) is 33.9 Å². The van der Waals surface area contributed by atoms with E-state index in [1.807, 2.05) is 0 Å². The average Bonchev–Trinajstić information content (AvgIpc) is 2.95. The first-order chi connectivity index (χ1) is 21.9. The number of aliphatic hydroxyl groups is 3. The third-order valence-electron chi connectivity index (χ3n) is 9.30. The number of nitrogens with zero attached hydrogens (tertiary/aromatic N) is 3. The molecule has 3 aliphatic rings. The van der Waals surface area contributed by atoms with E-state index in [1.165, 1.54) is 19.0 Å². The van der Waals surface area contributed by atoms with Crippen molar-refractivity contribution in [1.29, 1.82) is 0 Å². The summed E-state index contributed by atoms with van der Waals surface area (Å²) < 4.78 is 41.0. The molecule has 2 aromatic carbocycles. The van der Waals surface area contributed by atoms with Gasteiger partial charge in [-0.25, -0.2) is 0 Å². The number of phenols is 1. The lowest BCUT2D eigenvalue weighted by atomic mass is 9.57. The van der Waals surface area contributed by atoms with E-state index in [0.29, 0.717) is 16.8 Å². The van der Waals surface area contributed by atoms with E-state index < -0.39 is 76.5 Å². The van der Waals surface area contributed by atoms with Gasteiger partial charge in [0.05, 0.1) is 18.2 Å². The Labute approximate surface area is 269 Å². The topological polar surface area (TPSA) is 168 Å². The molecule has 2 unspecified atom stereocenters. The fourth-order valence-corrected chi connectivity index (χ4v) is 7.37. The van der Waals surface area contributed by atoms with E-state index in [9.17, 15) is 48.0 Å². The maximum Gasteiger partial charge on any atom is 0.401 e. The van der Waals surface area contributed by atoms with Crippen LogP contribution in [0.25, 0.3) is 5.76 Å². The molecule has 0 saturated heterocycles. The van der Waals surface area contributed by atoms with Gasteiger partial charge in [-0.3, -0.25) is 24.2 Å². The number of halogens is 3. The third-order valence-corrected chi connectivity index (χ3v) is 9.30. The number of anilines is 1. The highest BCUT2D eigenvalue weighted by Crippen LogP contribution is 2.54. The van der Waals surface area contributed by atoms with Gasteiger partial charge in [0.1, 0.15) is 22.8 Å². The lowest BCUT2D eigenvalue weighted by molar-refractivity contribution is -0.154. The van der Waals surface area contributed by atoms with E-state index in [1.54, 1.807) is 55.4 Å². The van der Waals surface area contributed by atoms with Crippen LogP contribution in [0.3, 0.4) is 0 Å². The van der Waals surface area contributed by atoms with Gasteiger partial charge in [-0.1, -0.05) is 30.3 Å². The number of aliphatic hydroxyl groups excluding tert-OH is 2. The smallest absolute Gasteiger partial charge is 0.401 e. The van der Waals surface area contributed by atoms with Gasteiger partial charge in [-0.05, 0) is 50.0 Å². The Kier molecular flexibility index (Phi) is 8.67. The molecular formula is C33H37F3N4O7. The monoisotopic (exact) mass is 658 g/mol. The predicted molar refractivity (Wildman–Crippen MR) is 165 cm³/mol. The lowest BCUT2D eigenvalue weighted by Crippen LogP contribution is -2.65. The van der Waals surface area contributed by atoms with Crippen LogP contribution in [0.2, 0.25) is 0 Å².